The third kappa shape index (κ3) is 7.04. The van der Waals surface area contributed by atoms with Crippen molar-refractivity contribution in [1.82, 2.24) is 34.5 Å². The van der Waals surface area contributed by atoms with Crippen LogP contribution in [0.4, 0.5) is 5.95 Å². The lowest BCUT2D eigenvalue weighted by Gasteiger charge is -2.45. The number of nitrogens with zero attached hydrogens (tertiary/aromatic N) is 6. The van der Waals surface area contributed by atoms with Crippen molar-refractivity contribution in [2.45, 2.75) is 147 Å². The minimum atomic E-state index is -2.49. The molecule has 0 bridgehead atoms. The Hall–Kier alpha value is -2.74. The van der Waals surface area contributed by atoms with Crippen molar-refractivity contribution in [3.8, 4) is 0 Å². The van der Waals surface area contributed by atoms with Crippen molar-refractivity contribution in [2.24, 2.45) is 0 Å². The number of imidazole rings is 1. The molecule has 1 aliphatic rings. The van der Waals surface area contributed by atoms with Crippen molar-refractivity contribution in [3.63, 3.8) is 0 Å². The van der Waals surface area contributed by atoms with Crippen LogP contribution in [-0.2, 0) is 18.0 Å². The van der Waals surface area contributed by atoms with E-state index in [9.17, 15) is 4.79 Å². The Bertz CT molecular complexity index is 1900. The number of para-hydroxylation sites is 1. The number of anilines is 1. The third-order valence-corrected chi connectivity index (χ3v) is 24.9. The van der Waals surface area contributed by atoms with E-state index < -0.39 is 61.3 Å². The summed E-state index contributed by atoms with van der Waals surface area (Å²) >= 11 is 0. The molecule has 1 aliphatic heterocycles. The summed E-state index contributed by atoms with van der Waals surface area (Å²) in [7, 11) is -7.46. The van der Waals surface area contributed by atoms with Crippen molar-refractivity contribution < 1.29 is 18.0 Å². The average molecular weight is 743 g/mol. The highest BCUT2D eigenvalue weighted by molar-refractivity contribution is 6.75. The molecule has 1 saturated heterocycles. The molecule has 0 spiro atoms. The fourth-order valence-electron chi connectivity index (χ4n) is 5.35. The highest BCUT2D eigenvalue weighted by Gasteiger charge is 2.58. The largest absolute Gasteiger partial charge is 0.408 e. The van der Waals surface area contributed by atoms with Crippen LogP contribution < -0.4 is 11.3 Å². The number of fused-ring (bicyclic) bond motifs is 2. The number of nitrogens with one attached hydrogen (secondary N) is 1. The molecule has 0 aliphatic carbocycles. The summed E-state index contributed by atoms with van der Waals surface area (Å²) in [5, 5.41) is 8.85. The van der Waals surface area contributed by atoms with E-state index in [1.54, 1.807) is 10.9 Å². The monoisotopic (exact) mass is 742 g/mol. The molecule has 3 aromatic heterocycles. The molecule has 0 amide bonds. The average Bonchev–Trinajstić information content (AvgIpc) is 3.66. The Labute approximate surface area is 299 Å². The number of nitrogens with two attached hydrogens (primary N) is 1. The first-order chi connectivity index (χ1) is 22.8. The fraction of sp³-hybridized carbons (Fsp3) is 0.676. The number of ether oxygens (including phenoxy) is 1. The molecule has 4 aromatic rings. The predicted molar refractivity (Wildman–Crippen MR) is 205 cm³/mol. The van der Waals surface area contributed by atoms with Gasteiger partial charge >= 0.3 is 0 Å². The van der Waals surface area contributed by atoms with Crippen LogP contribution in [0.2, 0.25) is 54.4 Å². The van der Waals surface area contributed by atoms with Crippen LogP contribution in [0.1, 0.15) is 74.8 Å². The molecule has 16 heteroatoms. The smallest absolute Gasteiger partial charge is 0.280 e. The number of benzene rings is 1. The summed E-state index contributed by atoms with van der Waals surface area (Å²) in [6, 6.07) is 7.87. The first kappa shape index (κ1) is 38.5. The van der Waals surface area contributed by atoms with Crippen LogP contribution in [0.15, 0.2) is 35.4 Å². The molecule has 4 heterocycles. The zero-order valence-corrected chi connectivity index (χ0v) is 35.6. The maximum absolute atomic E-state index is 13.0. The van der Waals surface area contributed by atoms with Gasteiger partial charge < -0.3 is 23.7 Å². The van der Waals surface area contributed by atoms with Crippen LogP contribution in [0.5, 0.6) is 0 Å². The maximum atomic E-state index is 13.0. The highest BCUT2D eigenvalue weighted by Crippen LogP contribution is 2.49. The van der Waals surface area contributed by atoms with Crippen molar-refractivity contribution in [3.05, 3.63) is 40.9 Å². The third-order valence-electron chi connectivity index (χ3n) is 11.5. The van der Waals surface area contributed by atoms with Gasteiger partial charge in [0.2, 0.25) is 5.95 Å². The fourth-order valence-corrected chi connectivity index (χ4v) is 9.13. The van der Waals surface area contributed by atoms with E-state index in [-0.39, 0.29) is 26.6 Å². The topological polar surface area (TPSA) is 157 Å². The van der Waals surface area contributed by atoms with Gasteiger partial charge in [-0.05, 0) is 66.5 Å². The quantitative estimate of drug-likeness (QED) is 0.166. The van der Waals surface area contributed by atoms with Gasteiger partial charge in [-0.3, -0.25) is 14.3 Å². The van der Waals surface area contributed by atoms with E-state index in [2.05, 4.69) is 122 Å². The van der Waals surface area contributed by atoms with Crippen LogP contribution in [0.3, 0.4) is 0 Å². The van der Waals surface area contributed by atoms with Crippen LogP contribution in [-0.4, -0.2) is 77.8 Å². The first-order valence-electron chi connectivity index (χ1n) is 17.5. The van der Waals surface area contributed by atoms with E-state index in [4.69, 9.17) is 29.0 Å². The first-order valence-corrected chi connectivity index (χ1v) is 26.2. The molecule has 276 valence electrons. The number of hydrogen-bond acceptors (Lipinski definition) is 10. The zero-order chi connectivity index (χ0) is 37.4. The molecule has 50 heavy (non-hydrogen) atoms. The Morgan fingerprint density at radius 1 is 0.860 bits per heavy atom. The van der Waals surface area contributed by atoms with Gasteiger partial charge in [0.05, 0.1) is 11.8 Å². The van der Waals surface area contributed by atoms with Gasteiger partial charge in [0.25, 0.3) is 5.56 Å². The standard InChI is InChI=1S/C34H58N8O5Si3/c1-32(2,3)48(10,11)45-24-25(30(47-50(14,15)34(7,8)9)42-22-19-17-16-18-21(22)39-40-42)44-29(26(24)46-49(12,13)33(4,5)6)41-20-36-23-27(41)37-31(35)38-28(23)43/h16-20,24-26,29-30H,1-15H3,(H3,35,37,38,43)/t24-,25+,26-,29-,30?/m1/s1. The van der Waals surface area contributed by atoms with Gasteiger partial charge in [-0.25, -0.2) is 9.67 Å². The zero-order valence-electron chi connectivity index (χ0n) is 32.6. The van der Waals surface area contributed by atoms with E-state index in [0.29, 0.717) is 5.65 Å². The Morgan fingerprint density at radius 2 is 1.42 bits per heavy atom. The van der Waals surface area contributed by atoms with Gasteiger partial charge in [0.15, 0.2) is 48.6 Å². The molecule has 0 saturated carbocycles. The van der Waals surface area contributed by atoms with Crippen LogP contribution in [0, 0.1) is 0 Å². The summed E-state index contributed by atoms with van der Waals surface area (Å²) in [4.78, 5) is 24.5. The summed E-state index contributed by atoms with van der Waals surface area (Å²) in [6.45, 7) is 33.3. The highest BCUT2D eigenvalue weighted by atomic mass is 28.4. The van der Waals surface area contributed by atoms with E-state index >= 15 is 0 Å². The maximum Gasteiger partial charge on any atom is 0.280 e. The summed E-state index contributed by atoms with van der Waals surface area (Å²) in [6.07, 6.45) is -1.88. The van der Waals surface area contributed by atoms with Gasteiger partial charge in [-0.15, -0.1) is 5.10 Å². The van der Waals surface area contributed by atoms with Gasteiger partial charge in [0.1, 0.15) is 23.8 Å². The predicted octanol–water partition coefficient (Wildman–Crippen LogP) is 7.35. The minimum absolute atomic E-state index is 0.0112. The van der Waals surface area contributed by atoms with Gasteiger partial charge in [-0.1, -0.05) is 79.7 Å². The second-order valence-electron chi connectivity index (χ2n) is 18.2. The number of aromatic nitrogens is 7. The molecule has 1 unspecified atom stereocenters. The molecule has 5 atom stereocenters. The summed E-state index contributed by atoms with van der Waals surface area (Å²) in [5.74, 6) is -0.0112. The number of aromatic amines is 1. The number of nitrogen functional groups attached to an aromatic ring is 1. The minimum Gasteiger partial charge on any atom is -0.408 e. The normalized spacial score (nSPS) is 22.1. The lowest BCUT2D eigenvalue weighted by Crippen LogP contribution is -2.55. The Balaban J connectivity index is 1.79. The van der Waals surface area contributed by atoms with Crippen molar-refractivity contribution in [1.29, 1.82) is 0 Å². The van der Waals surface area contributed by atoms with Crippen molar-refractivity contribution in [2.75, 3.05) is 5.73 Å². The summed E-state index contributed by atoms with van der Waals surface area (Å²) in [5.41, 5.74) is 7.70. The molecule has 1 aromatic carbocycles. The Kier molecular flexibility index (Phi) is 9.80. The molecule has 3 N–H and O–H groups in total. The summed E-state index contributed by atoms with van der Waals surface area (Å²) < 4.78 is 33.1. The molecule has 5 rings (SSSR count). The second-order valence-corrected chi connectivity index (χ2v) is 32.5. The second kappa shape index (κ2) is 12.7. The van der Waals surface area contributed by atoms with Crippen molar-refractivity contribution >= 4 is 53.1 Å². The lowest BCUT2D eigenvalue weighted by atomic mass is 10.1. The number of hydrogen-bond donors (Lipinski definition) is 2. The molecule has 13 nitrogen and oxygen atoms in total. The SMILES string of the molecule is CC(C)(C)[Si](C)(C)OC([C@H]1O[C@@H](n2cnc3c(=O)[nH]c(N)nc32)[C@H](O[Si](C)(C)C(C)(C)C)[C@@H]1O[Si](C)(C)C(C)(C)C)n1nnc2ccccc21. The molecule has 0 radical (unpaired) electrons. The molecule has 1 fully saturated rings. The van der Waals surface area contributed by atoms with Crippen LogP contribution in [0.25, 0.3) is 22.2 Å². The number of H-pyrrole nitrogens is 1. The Morgan fingerprint density at radius 3 is 2.00 bits per heavy atom. The molecular formula is C34H58N8O5Si3. The van der Waals surface area contributed by atoms with Gasteiger partial charge in [0, 0.05) is 0 Å². The van der Waals surface area contributed by atoms with E-state index in [1.807, 2.05) is 28.9 Å². The molecular weight excluding hydrogens is 685 g/mol. The van der Waals surface area contributed by atoms with Gasteiger partial charge in [-0.2, -0.15) is 4.98 Å². The van der Waals surface area contributed by atoms with E-state index in [0.717, 1.165) is 11.0 Å². The van der Waals surface area contributed by atoms with E-state index in [1.165, 1.54) is 0 Å². The van der Waals surface area contributed by atoms with Crippen LogP contribution >= 0.6 is 0 Å². The number of rotatable bonds is 9. The lowest BCUT2D eigenvalue weighted by molar-refractivity contribution is -0.105.